The maximum absolute atomic E-state index is 14.1. The number of nitrogens with zero attached hydrogens (tertiary/aromatic N) is 3. The van der Waals surface area contributed by atoms with Crippen molar-refractivity contribution in [1.29, 1.82) is 0 Å². The van der Waals surface area contributed by atoms with Crippen LogP contribution in [0.25, 0.3) is 0 Å². The fraction of sp³-hybridized carbons (Fsp3) is 0.333. The molecule has 0 fully saturated rings. The molecule has 0 spiro atoms. The van der Waals surface area contributed by atoms with E-state index in [1.54, 1.807) is 61.6 Å². The number of likely N-dealkylation sites (N-methyl/N-ethyl adjacent to an activating group) is 1. The summed E-state index contributed by atoms with van der Waals surface area (Å²) in [5, 5.41) is 9.84. The van der Waals surface area contributed by atoms with E-state index >= 15 is 0 Å². The highest BCUT2D eigenvalue weighted by molar-refractivity contribution is 7.89. The molecule has 210 valence electrons. The first-order valence-corrected chi connectivity index (χ1v) is 14.4. The molecule has 1 N–H and O–H groups in total. The predicted molar refractivity (Wildman–Crippen MR) is 148 cm³/mol. The number of carbonyl (C=O) groups excluding carboxylic acids is 1. The molecule has 3 aromatic rings. The van der Waals surface area contributed by atoms with Gasteiger partial charge < -0.3 is 14.7 Å². The first-order valence-electron chi connectivity index (χ1n) is 12.9. The predicted octanol–water partition coefficient (Wildman–Crippen LogP) is 3.09. The van der Waals surface area contributed by atoms with Crippen LogP contribution in [-0.2, 0) is 21.2 Å². The van der Waals surface area contributed by atoms with Gasteiger partial charge in [0, 0.05) is 43.5 Å². The molecule has 3 atom stereocenters. The van der Waals surface area contributed by atoms with Gasteiger partial charge in [-0.15, -0.1) is 0 Å². The molecule has 2 aromatic carbocycles. The van der Waals surface area contributed by atoms with Gasteiger partial charge in [0.15, 0.2) is 0 Å². The number of amides is 1. The highest BCUT2D eigenvalue weighted by Gasteiger charge is 2.38. The Morgan fingerprint density at radius 2 is 2.00 bits per heavy atom. The van der Waals surface area contributed by atoms with Gasteiger partial charge in [0.25, 0.3) is 0 Å². The average Bonchev–Trinajstić information content (AvgIpc) is 2.94. The summed E-state index contributed by atoms with van der Waals surface area (Å²) in [7, 11) is -2.36. The molecule has 1 amide bonds. The lowest BCUT2D eigenvalue weighted by molar-refractivity contribution is -0.130. The monoisotopic (exact) mass is 565 g/mol. The van der Waals surface area contributed by atoms with Crippen molar-refractivity contribution < 1.29 is 27.4 Å². The minimum absolute atomic E-state index is 0.0644. The topological polar surface area (TPSA) is 100 Å². The molecule has 0 saturated carbocycles. The van der Waals surface area contributed by atoms with Crippen LogP contribution in [0.15, 0.2) is 71.9 Å². The SMILES string of the molecule is C[C@@H]1CN([C@H](C)CO)S(=O)(=O)c2ccc(C#Cc3ccccc3F)cc2O[C@H]1CN(C)C(=O)Cc1cccnc1. The van der Waals surface area contributed by atoms with Gasteiger partial charge in [-0.2, -0.15) is 4.31 Å². The third-order valence-electron chi connectivity index (χ3n) is 6.84. The third kappa shape index (κ3) is 6.67. The van der Waals surface area contributed by atoms with Crippen molar-refractivity contribution in [2.75, 3.05) is 26.7 Å². The molecule has 0 radical (unpaired) electrons. The van der Waals surface area contributed by atoms with Gasteiger partial charge in [0.1, 0.15) is 22.6 Å². The van der Waals surface area contributed by atoms with Crippen LogP contribution in [0.5, 0.6) is 5.75 Å². The number of hydrogen-bond acceptors (Lipinski definition) is 6. The molecule has 1 aliphatic heterocycles. The number of halogens is 1. The number of pyridine rings is 1. The highest BCUT2D eigenvalue weighted by atomic mass is 32.2. The summed E-state index contributed by atoms with van der Waals surface area (Å²) < 4.78 is 49.0. The summed E-state index contributed by atoms with van der Waals surface area (Å²) in [5.41, 5.74) is 1.43. The van der Waals surface area contributed by atoms with Crippen molar-refractivity contribution in [3.8, 4) is 17.6 Å². The highest BCUT2D eigenvalue weighted by Crippen LogP contribution is 2.34. The largest absolute Gasteiger partial charge is 0.487 e. The van der Waals surface area contributed by atoms with E-state index < -0.39 is 28.0 Å². The van der Waals surface area contributed by atoms with Gasteiger partial charge in [-0.25, -0.2) is 12.8 Å². The number of carbonyl (C=O) groups is 1. The molecule has 1 aliphatic rings. The van der Waals surface area contributed by atoms with Gasteiger partial charge in [-0.05, 0) is 48.9 Å². The normalized spacial score (nSPS) is 19.1. The maximum Gasteiger partial charge on any atom is 0.247 e. The molecular formula is C30H32FN3O5S. The van der Waals surface area contributed by atoms with E-state index in [2.05, 4.69) is 16.8 Å². The van der Waals surface area contributed by atoms with Gasteiger partial charge in [0.2, 0.25) is 15.9 Å². The van der Waals surface area contributed by atoms with E-state index in [9.17, 15) is 22.7 Å². The number of aromatic nitrogens is 1. The molecular weight excluding hydrogens is 533 g/mol. The second kappa shape index (κ2) is 12.6. The Labute approximate surface area is 234 Å². The molecule has 4 rings (SSSR count). The van der Waals surface area contributed by atoms with Crippen LogP contribution in [0.4, 0.5) is 4.39 Å². The van der Waals surface area contributed by atoms with Crippen LogP contribution in [0.1, 0.15) is 30.5 Å². The molecule has 40 heavy (non-hydrogen) atoms. The fourth-order valence-corrected chi connectivity index (χ4v) is 6.23. The summed E-state index contributed by atoms with van der Waals surface area (Å²) in [6, 6.07) is 13.5. The Morgan fingerprint density at radius 3 is 2.70 bits per heavy atom. The average molecular weight is 566 g/mol. The van der Waals surface area contributed by atoms with E-state index in [-0.39, 0.29) is 54.2 Å². The first-order chi connectivity index (χ1) is 19.1. The molecule has 8 nitrogen and oxygen atoms in total. The van der Waals surface area contributed by atoms with Crippen molar-refractivity contribution in [2.24, 2.45) is 5.92 Å². The number of sulfonamides is 1. The fourth-order valence-electron chi connectivity index (χ4n) is 4.41. The second-order valence-corrected chi connectivity index (χ2v) is 11.8. The summed E-state index contributed by atoms with van der Waals surface area (Å²) in [6.07, 6.45) is 2.88. The lowest BCUT2D eigenvalue weighted by Crippen LogP contribution is -2.50. The Kier molecular flexibility index (Phi) is 9.20. The number of ether oxygens (including phenoxy) is 1. The molecule has 0 bridgehead atoms. The van der Waals surface area contributed by atoms with Crippen molar-refractivity contribution in [3.05, 3.63) is 89.5 Å². The van der Waals surface area contributed by atoms with E-state index in [0.29, 0.717) is 5.56 Å². The number of rotatable bonds is 6. The van der Waals surface area contributed by atoms with Crippen molar-refractivity contribution in [2.45, 2.75) is 37.3 Å². The molecule has 10 heteroatoms. The van der Waals surface area contributed by atoms with Crippen molar-refractivity contribution in [3.63, 3.8) is 0 Å². The number of aliphatic hydroxyl groups is 1. The van der Waals surface area contributed by atoms with Crippen LogP contribution < -0.4 is 4.74 Å². The molecule has 1 aromatic heterocycles. The van der Waals surface area contributed by atoms with Crippen LogP contribution in [0.2, 0.25) is 0 Å². The Bertz CT molecular complexity index is 1520. The Morgan fingerprint density at radius 1 is 1.23 bits per heavy atom. The summed E-state index contributed by atoms with van der Waals surface area (Å²) in [4.78, 5) is 18.5. The van der Waals surface area contributed by atoms with E-state index in [0.717, 1.165) is 5.56 Å². The zero-order chi connectivity index (χ0) is 28.9. The van der Waals surface area contributed by atoms with E-state index in [1.165, 1.54) is 22.5 Å². The number of hydrogen-bond donors (Lipinski definition) is 1. The standard InChI is InChI=1S/C30H32FN3O5S/c1-21-18-34(22(2)20-35)40(37,38)29-13-11-23(10-12-25-8-4-5-9-26(25)31)15-27(29)39-28(21)19-33(3)30(36)16-24-7-6-14-32-17-24/h4-9,11,13-15,17,21-22,28,35H,16,18-20H2,1-3H3/t21-,22-,28+/m1/s1. The minimum atomic E-state index is -4.03. The quantitative estimate of drug-likeness (QED) is 0.461. The summed E-state index contributed by atoms with van der Waals surface area (Å²) >= 11 is 0. The smallest absolute Gasteiger partial charge is 0.247 e. The van der Waals surface area contributed by atoms with E-state index in [4.69, 9.17) is 4.74 Å². The third-order valence-corrected chi connectivity index (χ3v) is 8.86. The van der Waals surface area contributed by atoms with Crippen LogP contribution in [-0.4, -0.2) is 72.5 Å². The lowest BCUT2D eigenvalue weighted by atomic mass is 10.0. The first kappa shape index (κ1) is 29.2. The van der Waals surface area contributed by atoms with Gasteiger partial charge in [-0.3, -0.25) is 9.78 Å². The molecule has 0 saturated heterocycles. The van der Waals surface area contributed by atoms with Crippen LogP contribution >= 0.6 is 0 Å². The van der Waals surface area contributed by atoms with Gasteiger partial charge in [-0.1, -0.05) is 37.0 Å². The number of benzene rings is 2. The lowest BCUT2D eigenvalue weighted by Gasteiger charge is -2.37. The summed E-state index contributed by atoms with van der Waals surface area (Å²) in [5.74, 6) is 4.82. The molecule has 0 unspecified atom stereocenters. The van der Waals surface area contributed by atoms with Crippen molar-refractivity contribution >= 4 is 15.9 Å². The number of aliphatic hydroxyl groups excluding tert-OH is 1. The van der Waals surface area contributed by atoms with Gasteiger partial charge >= 0.3 is 0 Å². The molecule has 2 heterocycles. The van der Waals surface area contributed by atoms with Crippen molar-refractivity contribution in [1.82, 2.24) is 14.2 Å². The van der Waals surface area contributed by atoms with E-state index in [1.807, 2.05) is 13.0 Å². The minimum Gasteiger partial charge on any atom is -0.487 e. The molecule has 0 aliphatic carbocycles. The Balaban J connectivity index is 1.68. The van der Waals surface area contributed by atoms with Gasteiger partial charge in [0.05, 0.1) is 25.1 Å². The zero-order valence-corrected chi connectivity index (χ0v) is 23.4. The maximum atomic E-state index is 14.1. The van der Waals surface area contributed by atoms with Crippen LogP contribution in [0, 0.1) is 23.6 Å². The number of fused-ring (bicyclic) bond motifs is 1. The van der Waals surface area contributed by atoms with Crippen LogP contribution in [0.3, 0.4) is 0 Å². The second-order valence-electron chi connectivity index (χ2n) is 9.94. The summed E-state index contributed by atoms with van der Waals surface area (Å²) in [6.45, 7) is 3.42. The Hall–Kier alpha value is -3.78. The zero-order valence-electron chi connectivity index (χ0n) is 22.6.